The summed E-state index contributed by atoms with van der Waals surface area (Å²) in [4.78, 5) is 14.8. The minimum absolute atomic E-state index is 0.160. The Balaban J connectivity index is 1.46. The Morgan fingerprint density at radius 2 is 1.93 bits per heavy atom. The van der Waals surface area contributed by atoms with E-state index in [1.807, 2.05) is 17.0 Å². The third kappa shape index (κ3) is 4.37. The summed E-state index contributed by atoms with van der Waals surface area (Å²) >= 11 is 1.49. The van der Waals surface area contributed by atoms with Crippen molar-refractivity contribution in [3.05, 3.63) is 65.2 Å². The molecule has 4 rings (SSSR count). The average Bonchev–Trinajstić information content (AvgIpc) is 3.14. The number of hydrogen-bond donors (Lipinski definition) is 0. The maximum atomic E-state index is 12.8. The Bertz CT molecular complexity index is 1010. The maximum Gasteiger partial charge on any atom is 0.233 e. The predicted octanol–water partition coefficient (Wildman–Crippen LogP) is 4.34. The SMILES string of the molecule is CCCn1c(SCC(=O)N2CCc3ccccc3C2)nnc1-c1cccc(C)c1. The fraction of sp³-hybridized carbons (Fsp3) is 0.348. The van der Waals surface area contributed by atoms with Gasteiger partial charge >= 0.3 is 0 Å². The molecule has 0 radical (unpaired) electrons. The number of aromatic nitrogens is 3. The second kappa shape index (κ2) is 8.82. The van der Waals surface area contributed by atoms with Crippen molar-refractivity contribution < 1.29 is 4.79 Å². The number of carbonyl (C=O) groups excluding carboxylic acids is 1. The number of aryl methyl sites for hydroxylation is 1. The van der Waals surface area contributed by atoms with E-state index < -0.39 is 0 Å². The molecule has 0 spiro atoms. The summed E-state index contributed by atoms with van der Waals surface area (Å²) < 4.78 is 2.14. The molecule has 0 saturated carbocycles. The van der Waals surface area contributed by atoms with Crippen LogP contribution in [0.15, 0.2) is 53.7 Å². The summed E-state index contributed by atoms with van der Waals surface area (Å²) in [6, 6.07) is 16.7. The molecule has 3 aromatic rings. The smallest absolute Gasteiger partial charge is 0.233 e. The number of hydrogen-bond acceptors (Lipinski definition) is 4. The number of fused-ring (bicyclic) bond motifs is 1. The first-order valence-corrected chi connectivity index (χ1v) is 11.1. The molecule has 1 aromatic heterocycles. The van der Waals surface area contributed by atoms with E-state index in [1.54, 1.807) is 0 Å². The molecule has 2 aromatic carbocycles. The molecular weight excluding hydrogens is 380 g/mol. The molecule has 2 heterocycles. The van der Waals surface area contributed by atoms with Gasteiger partial charge in [0.1, 0.15) is 0 Å². The van der Waals surface area contributed by atoms with Gasteiger partial charge in [-0.3, -0.25) is 4.79 Å². The Hall–Kier alpha value is -2.60. The van der Waals surface area contributed by atoms with Gasteiger partial charge < -0.3 is 9.47 Å². The lowest BCUT2D eigenvalue weighted by Gasteiger charge is -2.28. The van der Waals surface area contributed by atoms with Crippen LogP contribution in [0.5, 0.6) is 0 Å². The first-order valence-electron chi connectivity index (χ1n) is 10.1. The van der Waals surface area contributed by atoms with Crippen molar-refractivity contribution in [1.29, 1.82) is 0 Å². The van der Waals surface area contributed by atoms with Crippen molar-refractivity contribution in [2.24, 2.45) is 0 Å². The van der Waals surface area contributed by atoms with E-state index >= 15 is 0 Å². The van der Waals surface area contributed by atoms with E-state index in [-0.39, 0.29) is 5.91 Å². The van der Waals surface area contributed by atoms with Crippen molar-refractivity contribution >= 4 is 17.7 Å². The molecule has 0 aliphatic carbocycles. The van der Waals surface area contributed by atoms with Gasteiger partial charge in [-0.1, -0.05) is 66.7 Å². The molecular formula is C23H26N4OS. The predicted molar refractivity (Wildman–Crippen MR) is 117 cm³/mol. The van der Waals surface area contributed by atoms with Crippen LogP contribution >= 0.6 is 11.8 Å². The third-order valence-electron chi connectivity index (χ3n) is 5.25. The first kappa shape index (κ1) is 19.7. The Kier molecular flexibility index (Phi) is 6.00. The number of nitrogens with zero attached hydrogens (tertiary/aromatic N) is 4. The van der Waals surface area contributed by atoms with Crippen LogP contribution in [0.1, 0.15) is 30.0 Å². The molecule has 1 aliphatic heterocycles. The summed E-state index contributed by atoms with van der Waals surface area (Å²) in [5.41, 5.74) is 4.88. The zero-order valence-electron chi connectivity index (χ0n) is 17.0. The van der Waals surface area contributed by atoms with Gasteiger partial charge in [-0.25, -0.2) is 0 Å². The van der Waals surface area contributed by atoms with Crippen LogP contribution in [0.25, 0.3) is 11.4 Å². The highest BCUT2D eigenvalue weighted by atomic mass is 32.2. The van der Waals surface area contributed by atoms with Crippen molar-refractivity contribution in [2.45, 2.75) is 44.9 Å². The van der Waals surface area contributed by atoms with Crippen molar-refractivity contribution in [3.63, 3.8) is 0 Å². The molecule has 0 bridgehead atoms. The molecule has 0 N–H and O–H groups in total. The highest BCUT2D eigenvalue weighted by Gasteiger charge is 2.22. The monoisotopic (exact) mass is 406 g/mol. The van der Waals surface area contributed by atoms with Crippen LogP contribution in [0, 0.1) is 6.92 Å². The summed E-state index contributed by atoms with van der Waals surface area (Å²) in [7, 11) is 0. The topological polar surface area (TPSA) is 51.0 Å². The van der Waals surface area contributed by atoms with Gasteiger partial charge in [0.15, 0.2) is 11.0 Å². The Morgan fingerprint density at radius 1 is 1.10 bits per heavy atom. The fourth-order valence-corrected chi connectivity index (χ4v) is 4.61. The lowest BCUT2D eigenvalue weighted by Crippen LogP contribution is -2.37. The Morgan fingerprint density at radius 3 is 2.72 bits per heavy atom. The minimum atomic E-state index is 0.160. The zero-order chi connectivity index (χ0) is 20.2. The summed E-state index contributed by atoms with van der Waals surface area (Å²) in [6.45, 7) is 6.54. The highest BCUT2D eigenvalue weighted by molar-refractivity contribution is 7.99. The maximum absolute atomic E-state index is 12.8. The number of rotatable bonds is 6. The van der Waals surface area contributed by atoms with Crippen LogP contribution in [-0.2, 0) is 24.3 Å². The summed E-state index contributed by atoms with van der Waals surface area (Å²) in [5, 5.41) is 9.65. The van der Waals surface area contributed by atoms with Gasteiger partial charge in [-0.05, 0) is 37.0 Å². The van der Waals surface area contributed by atoms with Crippen LogP contribution in [0.4, 0.5) is 0 Å². The molecule has 1 amide bonds. The van der Waals surface area contributed by atoms with Crippen LogP contribution in [0.2, 0.25) is 0 Å². The lowest BCUT2D eigenvalue weighted by molar-refractivity contribution is -0.129. The Labute approximate surface area is 176 Å². The largest absolute Gasteiger partial charge is 0.337 e. The second-order valence-electron chi connectivity index (χ2n) is 7.45. The molecule has 0 fully saturated rings. The van der Waals surface area contributed by atoms with Gasteiger partial charge in [0.05, 0.1) is 5.75 Å². The lowest BCUT2D eigenvalue weighted by atomic mass is 10.00. The number of carbonyl (C=O) groups is 1. The third-order valence-corrected chi connectivity index (χ3v) is 6.20. The summed E-state index contributed by atoms with van der Waals surface area (Å²) in [5.74, 6) is 1.42. The number of amides is 1. The van der Waals surface area contributed by atoms with E-state index in [1.165, 1.54) is 28.5 Å². The van der Waals surface area contributed by atoms with E-state index in [2.05, 4.69) is 65.0 Å². The van der Waals surface area contributed by atoms with Gasteiger partial charge in [0, 0.05) is 25.2 Å². The molecule has 0 atom stereocenters. The van der Waals surface area contributed by atoms with Gasteiger partial charge in [0.2, 0.25) is 5.91 Å². The normalized spacial score (nSPS) is 13.4. The fourth-order valence-electron chi connectivity index (χ4n) is 3.74. The van der Waals surface area contributed by atoms with Crippen LogP contribution < -0.4 is 0 Å². The second-order valence-corrected chi connectivity index (χ2v) is 8.39. The zero-order valence-corrected chi connectivity index (χ0v) is 17.8. The summed E-state index contributed by atoms with van der Waals surface area (Å²) in [6.07, 6.45) is 1.91. The van der Waals surface area contributed by atoms with Crippen molar-refractivity contribution in [1.82, 2.24) is 19.7 Å². The van der Waals surface area contributed by atoms with E-state index in [0.29, 0.717) is 12.3 Å². The van der Waals surface area contributed by atoms with E-state index in [9.17, 15) is 4.79 Å². The number of benzene rings is 2. The van der Waals surface area contributed by atoms with E-state index in [4.69, 9.17) is 0 Å². The molecule has 1 aliphatic rings. The molecule has 0 unspecified atom stereocenters. The average molecular weight is 407 g/mol. The highest BCUT2D eigenvalue weighted by Crippen LogP contribution is 2.26. The van der Waals surface area contributed by atoms with Gasteiger partial charge in [0.25, 0.3) is 0 Å². The van der Waals surface area contributed by atoms with Crippen molar-refractivity contribution in [2.75, 3.05) is 12.3 Å². The minimum Gasteiger partial charge on any atom is -0.337 e. The molecule has 29 heavy (non-hydrogen) atoms. The van der Waals surface area contributed by atoms with E-state index in [0.717, 1.165) is 42.5 Å². The van der Waals surface area contributed by atoms with Crippen LogP contribution in [-0.4, -0.2) is 37.9 Å². The standard InChI is InChI=1S/C23H26N4OS/c1-3-12-27-22(19-10-6-7-17(2)14-19)24-25-23(27)29-16-21(28)26-13-11-18-8-4-5-9-20(18)15-26/h4-10,14H,3,11-13,15-16H2,1-2H3. The quantitative estimate of drug-likeness (QED) is 0.572. The number of thioether (sulfide) groups is 1. The first-order chi connectivity index (χ1) is 14.2. The molecule has 5 nitrogen and oxygen atoms in total. The molecule has 6 heteroatoms. The van der Waals surface area contributed by atoms with Crippen LogP contribution in [0.3, 0.4) is 0 Å². The van der Waals surface area contributed by atoms with Gasteiger partial charge in [-0.2, -0.15) is 0 Å². The van der Waals surface area contributed by atoms with Gasteiger partial charge in [-0.15, -0.1) is 10.2 Å². The molecule has 0 saturated heterocycles. The van der Waals surface area contributed by atoms with Crippen molar-refractivity contribution in [3.8, 4) is 11.4 Å². The molecule has 150 valence electrons.